The Labute approximate surface area is 84.4 Å². The molecular weight excluding hydrogens is 177 g/mol. The summed E-state index contributed by atoms with van der Waals surface area (Å²) in [4.78, 5) is 0. The fourth-order valence-corrected chi connectivity index (χ4v) is 1.48. The average Bonchev–Trinajstić information content (AvgIpc) is 2.14. The fraction of sp³-hybridized carbons (Fsp3) is 0.333. The van der Waals surface area contributed by atoms with Crippen LogP contribution in [0.1, 0.15) is 24.5 Å². The van der Waals surface area contributed by atoms with Crippen LogP contribution in [0.25, 0.3) is 5.57 Å². The summed E-state index contributed by atoms with van der Waals surface area (Å²) in [7, 11) is 0. The molecule has 0 saturated carbocycles. The van der Waals surface area contributed by atoms with Crippen molar-refractivity contribution in [3.8, 4) is 0 Å². The molecular formula is C12H16FN. The molecule has 14 heavy (non-hydrogen) atoms. The highest BCUT2D eigenvalue weighted by atomic mass is 19.1. The first-order valence-corrected chi connectivity index (χ1v) is 4.78. The molecule has 2 heteroatoms. The van der Waals surface area contributed by atoms with Gasteiger partial charge in [0.25, 0.3) is 0 Å². The Kier molecular flexibility index (Phi) is 3.84. The van der Waals surface area contributed by atoms with E-state index in [4.69, 9.17) is 5.73 Å². The second-order valence-corrected chi connectivity index (χ2v) is 3.42. The number of benzene rings is 1. The van der Waals surface area contributed by atoms with Crippen molar-refractivity contribution < 1.29 is 4.39 Å². The highest BCUT2D eigenvalue weighted by molar-refractivity contribution is 5.66. The van der Waals surface area contributed by atoms with E-state index in [1.807, 2.05) is 19.9 Å². The van der Waals surface area contributed by atoms with Crippen LogP contribution in [0.15, 0.2) is 24.3 Å². The van der Waals surface area contributed by atoms with Gasteiger partial charge in [0.15, 0.2) is 0 Å². The molecule has 0 fully saturated rings. The first-order valence-electron chi connectivity index (χ1n) is 4.78. The Morgan fingerprint density at radius 1 is 1.50 bits per heavy atom. The zero-order valence-electron chi connectivity index (χ0n) is 8.68. The number of nitrogens with two attached hydrogens (primary N) is 1. The number of hydrogen-bond donors (Lipinski definition) is 1. The minimum absolute atomic E-state index is 0.183. The molecule has 0 saturated heterocycles. The van der Waals surface area contributed by atoms with Crippen LogP contribution in [-0.4, -0.2) is 6.54 Å². The third kappa shape index (κ3) is 2.67. The Hall–Kier alpha value is -1.15. The number of allylic oxidation sites excluding steroid dienone is 1. The van der Waals surface area contributed by atoms with Crippen LogP contribution >= 0.6 is 0 Å². The lowest BCUT2D eigenvalue weighted by atomic mass is 10.0. The second kappa shape index (κ2) is 4.91. The van der Waals surface area contributed by atoms with Crippen LogP contribution in [0.5, 0.6) is 0 Å². The van der Waals surface area contributed by atoms with E-state index in [2.05, 4.69) is 6.08 Å². The number of rotatable bonds is 3. The Morgan fingerprint density at radius 2 is 2.21 bits per heavy atom. The van der Waals surface area contributed by atoms with Gasteiger partial charge in [-0.05, 0) is 55.6 Å². The zero-order chi connectivity index (χ0) is 10.6. The maximum atomic E-state index is 12.8. The van der Waals surface area contributed by atoms with Gasteiger partial charge in [0.1, 0.15) is 5.82 Å². The molecule has 1 aromatic rings. The Morgan fingerprint density at radius 3 is 2.79 bits per heavy atom. The van der Waals surface area contributed by atoms with Gasteiger partial charge in [0, 0.05) is 0 Å². The molecule has 2 N–H and O–H groups in total. The molecule has 0 heterocycles. The maximum absolute atomic E-state index is 12.8. The molecule has 1 rings (SSSR count). The minimum atomic E-state index is -0.183. The van der Waals surface area contributed by atoms with Crippen LogP contribution in [0.3, 0.4) is 0 Å². The van der Waals surface area contributed by atoms with Gasteiger partial charge in [0.2, 0.25) is 0 Å². The van der Waals surface area contributed by atoms with Crippen molar-refractivity contribution >= 4 is 5.57 Å². The fourth-order valence-electron chi connectivity index (χ4n) is 1.48. The van der Waals surface area contributed by atoms with Crippen LogP contribution in [-0.2, 0) is 0 Å². The van der Waals surface area contributed by atoms with Gasteiger partial charge in [-0.15, -0.1) is 0 Å². The molecule has 0 unspecified atom stereocenters. The van der Waals surface area contributed by atoms with E-state index in [9.17, 15) is 4.39 Å². The lowest BCUT2D eigenvalue weighted by Gasteiger charge is -2.06. The molecule has 0 aromatic heterocycles. The average molecular weight is 193 g/mol. The summed E-state index contributed by atoms with van der Waals surface area (Å²) in [5, 5.41) is 0. The molecule has 76 valence electrons. The van der Waals surface area contributed by atoms with E-state index in [0.717, 1.165) is 23.1 Å². The van der Waals surface area contributed by atoms with Gasteiger partial charge in [0.05, 0.1) is 0 Å². The summed E-state index contributed by atoms with van der Waals surface area (Å²) in [5.74, 6) is -0.183. The lowest BCUT2D eigenvalue weighted by Crippen LogP contribution is -1.96. The summed E-state index contributed by atoms with van der Waals surface area (Å²) >= 11 is 0. The second-order valence-electron chi connectivity index (χ2n) is 3.42. The van der Waals surface area contributed by atoms with Crippen molar-refractivity contribution in [2.45, 2.75) is 20.3 Å². The first-order chi connectivity index (χ1) is 6.65. The summed E-state index contributed by atoms with van der Waals surface area (Å²) < 4.78 is 12.8. The minimum Gasteiger partial charge on any atom is -0.330 e. The van der Waals surface area contributed by atoms with E-state index in [1.165, 1.54) is 6.07 Å². The molecule has 0 radical (unpaired) electrons. The van der Waals surface area contributed by atoms with Crippen molar-refractivity contribution in [3.63, 3.8) is 0 Å². The van der Waals surface area contributed by atoms with Gasteiger partial charge >= 0.3 is 0 Å². The quantitative estimate of drug-likeness (QED) is 0.784. The largest absolute Gasteiger partial charge is 0.330 e. The smallest absolute Gasteiger partial charge is 0.123 e. The predicted octanol–water partition coefficient (Wildman–Crippen LogP) is 2.89. The summed E-state index contributed by atoms with van der Waals surface area (Å²) in [5.41, 5.74) is 8.64. The topological polar surface area (TPSA) is 26.0 Å². The van der Waals surface area contributed by atoms with Gasteiger partial charge < -0.3 is 5.73 Å². The highest BCUT2D eigenvalue weighted by Crippen LogP contribution is 2.19. The lowest BCUT2D eigenvalue weighted by molar-refractivity contribution is 0.626. The van der Waals surface area contributed by atoms with Crippen molar-refractivity contribution in [2.24, 2.45) is 5.73 Å². The monoisotopic (exact) mass is 193 g/mol. The molecule has 0 aliphatic carbocycles. The normalized spacial score (nSPS) is 11.9. The van der Waals surface area contributed by atoms with Crippen LogP contribution in [0, 0.1) is 12.7 Å². The summed E-state index contributed by atoms with van der Waals surface area (Å²) in [6, 6.07) is 4.85. The molecule has 0 atom stereocenters. The standard InChI is InChI=1S/C12H16FN/c1-9(4-3-7-14)12-6-5-11(13)8-10(12)2/h4-6,8H,3,7,14H2,1-2H3. The Bertz CT molecular complexity index is 342. The third-order valence-electron chi connectivity index (χ3n) is 2.23. The van der Waals surface area contributed by atoms with E-state index in [-0.39, 0.29) is 5.82 Å². The number of hydrogen-bond acceptors (Lipinski definition) is 1. The van der Waals surface area contributed by atoms with Crippen LogP contribution in [0.2, 0.25) is 0 Å². The van der Waals surface area contributed by atoms with Gasteiger partial charge in [-0.25, -0.2) is 4.39 Å². The summed E-state index contributed by atoms with van der Waals surface area (Å²) in [6.07, 6.45) is 2.95. The SMILES string of the molecule is CC(=CCCN)c1ccc(F)cc1C. The van der Waals surface area contributed by atoms with Gasteiger partial charge in [-0.1, -0.05) is 12.1 Å². The van der Waals surface area contributed by atoms with Crippen LogP contribution < -0.4 is 5.73 Å². The molecule has 0 amide bonds. The zero-order valence-corrected chi connectivity index (χ0v) is 8.68. The molecule has 0 aliphatic rings. The predicted molar refractivity (Wildman–Crippen MR) is 58.5 cm³/mol. The molecule has 1 aromatic carbocycles. The van der Waals surface area contributed by atoms with E-state index >= 15 is 0 Å². The van der Waals surface area contributed by atoms with Crippen molar-refractivity contribution in [3.05, 3.63) is 41.2 Å². The van der Waals surface area contributed by atoms with Crippen molar-refractivity contribution in [2.75, 3.05) is 6.54 Å². The van der Waals surface area contributed by atoms with Crippen LogP contribution in [0.4, 0.5) is 4.39 Å². The molecule has 0 bridgehead atoms. The van der Waals surface area contributed by atoms with E-state index < -0.39 is 0 Å². The molecule has 0 spiro atoms. The van der Waals surface area contributed by atoms with E-state index in [0.29, 0.717) is 6.54 Å². The van der Waals surface area contributed by atoms with Gasteiger partial charge in [-0.3, -0.25) is 0 Å². The summed E-state index contributed by atoms with van der Waals surface area (Å²) in [6.45, 7) is 4.59. The first kappa shape index (κ1) is 10.9. The van der Waals surface area contributed by atoms with Gasteiger partial charge in [-0.2, -0.15) is 0 Å². The molecule has 1 nitrogen and oxygen atoms in total. The third-order valence-corrected chi connectivity index (χ3v) is 2.23. The van der Waals surface area contributed by atoms with Crippen molar-refractivity contribution in [1.29, 1.82) is 0 Å². The van der Waals surface area contributed by atoms with E-state index in [1.54, 1.807) is 6.07 Å². The maximum Gasteiger partial charge on any atom is 0.123 e. The molecule has 0 aliphatic heterocycles. The highest BCUT2D eigenvalue weighted by Gasteiger charge is 2.00. The number of halogens is 1. The van der Waals surface area contributed by atoms with Crippen molar-refractivity contribution in [1.82, 2.24) is 0 Å². The number of aryl methyl sites for hydroxylation is 1. The Balaban J connectivity index is 2.95.